The highest BCUT2D eigenvalue weighted by atomic mass is 16.3. The number of carbonyl (C=O) groups is 1. The number of aromatic hydroxyl groups is 1. The lowest BCUT2D eigenvalue weighted by molar-refractivity contribution is 0.0954. The Balaban J connectivity index is 1.64. The molecule has 0 bridgehead atoms. The molecule has 5 nitrogen and oxygen atoms in total. The molecule has 1 heterocycles. The highest BCUT2D eigenvalue weighted by Gasteiger charge is 2.08. The maximum Gasteiger partial charge on any atom is 0.251 e. The van der Waals surface area contributed by atoms with Crippen molar-refractivity contribution >= 4 is 11.6 Å². The van der Waals surface area contributed by atoms with Crippen LogP contribution in [0.25, 0.3) is 11.3 Å². The van der Waals surface area contributed by atoms with Gasteiger partial charge in [0.15, 0.2) is 0 Å². The van der Waals surface area contributed by atoms with Crippen molar-refractivity contribution in [1.82, 2.24) is 10.3 Å². The third-order valence-electron chi connectivity index (χ3n) is 3.84. The van der Waals surface area contributed by atoms with E-state index in [2.05, 4.69) is 10.3 Å². The van der Waals surface area contributed by atoms with Crippen molar-refractivity contribution < 1.29 is 9.90 Å². The van der Waals surface area contributed by atoms with Gasteiger partial charge in [-0.2, -0.15) is 0 Å². The van der Waals surface area contributed by atoms with Crippen molar-refractivity contribution in [2.24, 2.45) is 0 Å². The van der Waals surface area contributed by atoms with Crippen molar-refractivity contribution in [2.75, 3.05) is 12.3 Å². The third-order valence-corrected chi connectivity index (χ3v) is 3.84. The van der Waals surface area contributed by atoms with E-state index in [9.17, 15) is 9.90 Å². The molecular formula is C20H19N3O2. The van der Waals surface area contributed by atoms with E-state index in [-0.39, 0.29) is 11.7 Å². The number of carbonyl (C=O) groups excluding carboxylic acids is 1. The summed E-state index contributed by atoms with van der Waals surface area (Å²) in [5, 5.41) is 12.2. The lowest BCUT2D eigenvalue weighted by atomic mass is 10.1. The fraction of sp³-hybridized carbons (Fsp3) is 0.100. The fourth-order valence-corrected chi connectivity index (χ4v) is 2.51. The Labute approximate surface area is 146 Å². The number of nitrogen functional groups attached to an aromatic ring is 1. The molecule has 25 heavy (non-hydrogen) atoms. The maximum absolute atomic E-state index is 12.3. The summed E-state index contributed by atoms with van der Waals surface area (Å²) in [7, 11) is 0. The molecule has 5 heteroatoms. The van der Waals surface area contributed by atoms with E-state index in [1.165, 1.54) is 0 Å². The third kappa shape index (κ3) is 4.35. The van der Waals surface area contributed by atoms with E-state index < -0.39 is 0 Å². The molecule has 1 aromatic heterocycles. The molecule has 0 aliphatic carbocycles. The number of aromatic nitrogens is 1. The molecule has 1 amide bonds. The molecule has 0 atom stereocenters. The second-order valence-corrected chi connectivity index (χ2v) is 5.73. The van der Waals surface area contributed by atoms with Gasteiger partial charge < -0.3 is 16.2 Å². The number of nitrogens with zero attached hydrogens (tertiary/aromatic N) is 1. The Kier molecular flexibility index (Phi) is 4.95. The summed E-state index contributed by atoms with van der Waals surface area (Å²) in [6, 6.07) is 17.8. The normalized spacial score (nSPS) is 10.4. The van der Waals surface area contributed by atoms with E-state index in [4.69, 9.17) is 5.73 Å². The fourth-order valence-electron chi connectivity index (χ4n) is 2.51. The van der Waals surface area contributed by atoms with Crippen LogP contribution in [-0.2, 0) is 6.42 Å². The number of anilines is 1. The highest BCUT2D eigenvalue weighted by molar-refractivity contribution is 5.95. The summed E-state index contributed by atoms with van der Waals surface area (Å²) < 4.78 is 0. The number of amides is 1. The molecule has 0 aliphatic heterocycles. The van der Waals surface area contributed by atoms with E-state index in [0.29, 0.717) is 29.9 Å². The predicted octanol–water partition coefficient (Wildman–Crippen LogP) is 3.01. The number of rotatable bonds is 5. The van der Waals surface area contributed by atoms with Crippen molar-refractivity contribution in [3.8, 4) is 17.0 Å². The second-order valence-electron chi connectivity index (χ2n) is 5.73. The summed E-state index contributed by atoms with van der Waals surface area (Å²) in [5.74, 6) is 0.0879. The van der Waals surface area contributed by atoms with Crippen molar-refractivity contribution in [2.45, 2.75) is 6.42 Å². The first-order chi connectivity index (χ1) is 12.1. The second kappa shape index (κ2) is 7.49. The monoisotopic (exact) mass is 333 g/mol. The summed E-state index contributed by atoms with van der Waals surface area (Å²) in [6.07, 6.45) is 2.31. The highest BCUT2D eigenvalue weighted by Crippen LogP contribution is 2.20. The number of nitrogens with one attached hydrogen (secondary N) is 1. The van der Waals surface area contributed by atoms with Gasteiger partial charge in [-0.05, 0) is 48.4 Å². The summed E-state index contributed by atoms with van der Waals surface area (Å²) in [6.45, 7) is 0.513. The number of pyridine rings is 1. The van der Waals surface area contributed by atoms with Gasteiger partial charge in [-0.1, -0.05) is 24.3 Å². The van der Waals surface area contributed by atoms with Gasteiger partial charge in [-0.25, -0.2) is 0 Å². The largest absolute Gasteiger partial charge is 0.508 e. The van der Waals surface area contributed by atoms with Gasteiger partial charge in [0.05, 0.1) is 5.69 Å². The van der Waals surface area contributed by atoms with Gasteiger partial charge in [0, 0.05) is 29.6 Å². The molecule has 0 radical (unpaired) electrons. The Morgan fingerprint density at radius 1 is 1.08 bits per heavy atom. The molecule has 3 aromatic rings. The summed E-state index contributed by atoms with van der Waals surface area (Å²) in [4.78, 5) is 16.6. The SMILES string of the molecule is Nc1cccc(-c2cc(C(=O)NCCc3ccc(O)cc3)ccn2)c1. The minimum atomic E-state index is -0.147. The molecule has 0 fully saturated rings. The summed E-state index contributed by atoms with van der Waals surface area (Å²) >= 11 is 0. The van der Waals surface area contributed by atoms with Gasteiger partial charge in [0.2, 0.25) is 0 Å². The average Bonchev–Trinajstić information content (AvgIpc) is 2.63. The van der Waals surface area contributed by atoms with Gasteiger partial charge >= 0.3 is 0 Å². The molecule has 2 aromatic carbocycles. The Morgan fingerprint density at radius 3 is 2.64 bits per heavy atom. The molecule has 0 saturated heterocycles. The Morgan fingerprint density at radius 2 is 1.88 bits per heavy atom. The van der Waals surface area contributed by atoms with Crippen LogP contribution in [0.3, 0.4) is 0 Å². The van der Waals surface area contributed by atoms with Crippen LogP contribution < -0.4 is 11.1 Å². The van der Waals surface area contributed by atoms with Crippen LogP contribution in [0.5, 0.6) is 5.75 Å². The first-order valence-electron chi connectivity index (χ1n) is 8.00. The van der Waals surface area contributed by atoms with Gasteiger partial charge in [-0.15, -0.1) is 0 Å². The number of phenols is 1. The number of phenolic OH excluding ortho intramolecular Hbond substituents is 1. The van der Waals surface area contributed by atoms with Crippen molar-refractivity contribution in [1.29, 1.82) is 0 Å². The molecular weight excluding hydrogens is 314 g/mol. The lowest BCUT2D eigenvalue weighted by Crippen LogP contribution is -2.25. The van der Waals surface area contributed by atoms with Crippen LogP contribution in [0.2, 0.25) is 0 Å². The van der Waals surface area contributed by atoms with Crippen molar-refractivity contribution in [3.05, 3.63) is 78.0 Å². The maximum atomic E-state index is 12.3. The molecule has 0 aliphatic rings. The molecule has 0 unspecified atom stereocenters. The summed E-state index contributed by atoms with van der Waals surface area (Å²) in [5.41, 5.74) is 9.64. The number of hydrogen-bond donors (Lipinski definition) is 3. The molecule has 0 saturated carbocycles. The topological polar surface area (TPSA) is 88.2 Å². The van der Waals surface area contributed by atoms with E-state index >= 15 is 0 Å². The minimum Gasteiger partial charge on any atom is -0.508 e. The lowest BCUT2D eigenvalue weighted by Gasteiger charge is -2.07. The number of hydrogen-bond acceptors (Lipinski definition) is 4. The first kappa shape index (κ1) is 16.5. The minimum absolute atomic E-state index is 0.147. The first-order valence-corrected chi connectivity index (χ1v) is 8.00. The van der Waals surface area contributed by atoms with Crippen molar-refractivity contribution in [3.63, 3.8) is 0 Å². The van der Waals surface area contributed by atoms with Crippen LogP contribution in [0.4, 0.5) is 5.69 Å². The van der Waals surface area contributed by atoms with E-state index in [1.54, 1.807) is 30.5 Å². The van der Waals surface area contributed by atoms with E-state index in [1.807, 2.05) is 36.4 Å². The average molecular weight is 333 g/mol. The Hall–Kier alpha value is -3.34. The van der Waals surface area contributed by atoms with Crippen LogP contribution >= 0.6 is 0 Å². The molecule has 126 valence electrons. The smallest absolute Gasteiger partial charge is 0.251 e. The molecule has 0 spiro atoms. The van der Waals surface area contributed by atoms with Gasteiger partial charge in [0.1, 0.15) is 5.75 Å². The zero-order valence-electron chi connectivity index (χ0n) is 13.6. The van der Waals surface area contributed by atoms with Gasteiger partial charge in [-0.3, -0.25) is 9.78 Å². The van der Waals surface area contributed by atoms with E-state index in [0.717, 1.165) is 11.1 Å². The Bertz CT molecular complexity index is 876. The number of benzene rings is 2. The van der Waals surface area contributed by atoms with Crippen LogP contribution in [0.15, 0.2) is 66.9 Å². The predicted molar refractivity (Wildman–Crippen MR) is 98.2 cm³/mol. The standard InChI is InChI=1S/C20H19N3O2/c21-17-3-1-2-15(12-17)19-13-16(9-11-22-19)20(25)23-10-8-14-4-6-18(24)7-5-14/h1-7,9,11-13,24H,8,10,21H2,(H,23,25). The van der Waals surface area contributed by atoms with Crippen LogP contribution in [-0.4, -0.2) is 22.5 Å². The van der Waals surface area contributed by atoms with Gasteiger partial charge in [0.25, 0.3) is 5.91 Å². The molecule has 4 N–H and O–H groups in total. The van der Waals surface area contributed by atoms with Crippen LogP contribution in [0, 0.1) is 0 Å². The zero-order chi connectivity index (χ0) is 17.6. The molecule has 3 rings (SSSR count). The quantitative estimate of drug-likeness (QED) is 0.626. The van der Waals surface area contributed by atoms with Crippen LogP contribution in [0.1, 0.15) is 15.9 Å². The zero-order valence-corrected chi connectivity index (χ0v) is 13.6. The number of nitrogens with two attached hydrogens (primary N) is 1.